The molecule has 6 nitrogen and oxygen atoms in total. The molecule has 3 rings (SSSR count). The van der Waals surface area contributed by atoms with Crippen molar-refractivity contribution in [2.45, 2.75) is 6.54 Å². The number of aromatic amines is 2. The van der Waals surface area contributed by atoms with Crippen molar-refractivity contribution in [3.63, 3.8) is 0 Å². The maximum atomic E-state index is 11.9. The highest BCUT2D eigenvalue weighted by atomic mass is 32.1. The standard InChI is InChI=1S/C12H10N4O2S/c17-11(14-5-8-6-19-12(18)15-8)9-2-1-7-3-4-13-10(7)16-9/h1-4,6H,5H2,(H,13,16)(H,14,17)(H,15,18). The first-order valence-electron chi connectivity index (χ1n) is 5.61. The second-order valence-corrected chi connectivity index (χ2v) is 4.81. The van der Waals surface area contributed by atoms with Gasteiger partial charge in [-0.15, -0.1) is 0 Å². The molecule has 0 fully saturated rings. The molecule has 96 valence electrons. The van der Waals surface area contributed by atoms with Crippen LogP contribution < -0.4 is 10.2 Å². The van der Waals surface area contributed by atoms with Crippen molar-refractivity contribution >= 4 is 28.3 Å². The lowest BCUT2D eigenvalue weighted by atomic mass is 10.3. The molecule has 3 aromatic heterocycles. The highest BCUT2D eigenvalue weighted by Crippen LogP contribution is 2.10. The van der Waals surface area contributed by atoms with E-state index in [0.29, 0.717) is 17.0 Å². The highest BCUT2D eigenvalue weighted by Gasteiger charge is 2.08. The maximum Gasteiger partial charge on any atom is 0.304 e. The summed E-state index contributed by atoms with van der Waals surface area (Å²) in [5, 5.41) is 5.35. The number of rotatable bonds is 3. The number of amides is 1. The molecule has 0 radical (unpaired) electrons. The molecule has 0 unspecified atom stereocenters. The van der Waals surface area contributed by atoms with Crippen LogP contribution in [-0.4, -0.2) is 20.9 Å². The third-order valence-electron chi connectivity index (χ3n) is 2.65. The van der Waals surface area contributed by atoms with Gasteiger partial charge < -0.3 is 15.3 Å². The van der Waals surface area contributed by atoms with Gasteiger partial charge >= 0.3 is 4.87 Å². The van der Waals surface area contributed by atoms with E-state index in [1.54, 1.807) is 17.6 Å². The van der Waals surface area contributed by atoms with Crippen molar-refractivity contribution in [1.29, 1.82) is 0 Å². The van der Waals surface area contributed by atoms with E-state index in [4.69, 9.17) is 0 Å². The summed E-state index contributed by atoms with van der Waals surface area (Å²) in [5.41, 5.74) is 1.70. The number of thiazole rings is 1. The largest absolute Gasteiger partial charge is 0.346 e. The fourth-order valence-electron chi connectivity index (χ4n) is 1.72. The average molecular weight is 274 g/mol. The normalized spacial score (nSPS) is 10.7. The number of pyridine rings is 1. The van der Waals surface area contributed by atoms with Crippen LogP contribution in [0, 0.1) is 0 Å². The average Bonchev–Trinajstić information content (AvgIpc) is 3.03. The summed E-state index contributed by atoms with van der Waals surface area (Å²) in [7, 11) is 0. The Morgan fingerprint density at radius 1 is 1.37 bits per heavy atom. The van der Waals surface area contributed by atoms with Gasteiger partial charge in [-0.1, -0.05) is 11.3 Å². The summed E-state index contributed by atoms with van der Waals surface area (Å²) in [4.78, 5) is 32.5. The Kier molecular flexibility index (Phi) is 2.88. The zero-order chi connectivity index (χ0) is 13.2. The van der Waals surface area contributed by atoms with Crippen LogP contribution in [0.1, 0.15) is 16.2 Å². The van der Waals surface area contributed by atoms with E-state index in [1.165, 1.54) is 0 Å². The number of nitrogens with zero attached hydrogens (tertiary/aromatic N) is 1. The van der Waals surface area contributed by atoms with Gasteiger partial charge in [0.05, 0.1) is 6.54 Å². The molecule has 0 aliphatic carbocycles. The van der Waals surface area contributed by atoms with Gasteiger partial charge in [0.25, 0.3) is 5.91 Å². The van der Waals surface area contributed by atoms with Crippen molar-refractivity contribution in [3.05, 3.63) is 50.8 Å². The van der Waals surface area contributed by atoms with Gasteiger partial charge in [-0.3, -0.25) is 9.59 Å². The molecule has 3 aromatic rings. The molecule has 19 heavy (non-hydrogen) atoms. The monoisotopic (exact) mass is 274 g/mol. The van der Waals surface area contributed by atoms with Gasteiger partial charge in [0.1, 0.15) is 11.3 Å². The lowest BCUT2D eigenvalue weighted by Gasteiger charge is -2.02. The molecule has 0 spiro atoms. The molecule has 7 heteroatoms. The molecule has 0 saturated carbocycles. The highest BCUT2D eigenvalue weighted by molar-refractivity contribution is 7.07. The van der Waals surface area contributed by atoms with E-state index in [9.17, 15) is 9.59 Å². The number of aromatic nitrogens is 3. The minimum atomic E-state index is -0.274. The predicted octanol–water partition coefficient (Wildman–Crippen LogP) is 1.24. The molecule has 1 amide bonds. The van der Waals surface area contributed by atoms with Crippen LogP contribution in [0.3, 0.4) is 0 Å². The van der Waals surface area contributed by atoms with E-state index in [0.717, 1.165) is 16.7 Å². The lowest BCUT2D eigenvalue weighted by molar-refractivity contribution is 0.0946. The van der Waals surface area contributed by atoms with Crippen LogP contribution >= 0.6 is 11.3 Å². The molecule has 3 N–H and O–H groups in total. The second-order valence-electron chi connectivity index (χ2n) is 3.97. The predicted molar refractivity (Wildman–Crippen MR) is 72.2 cm³/mol. The lowest BCUT2D eigenvalue weighted by Crippen LogP contribution is -2.24. The van der Waals surface area contributed by atoms with Gasteiger partial charge in [0, 0.05) is 22.7 Å². The molecule has 0 bridgehead atoms. The van der Waals surface area contributed by atoms with E-state index < -0.39 is 0 Å². The first-order chi connectivity index (χ1) is 9.22. The van der Waals surface area contributed by atoms with Crippen LogP contribution in [0.25, 0.3) is 11.0 Å². The SMILES string of the molecule is O=C(NCc1csc(=O)[nH]1)c1ccc2cc[nH]c2n1. The molecule has 0 aliphatic rings. The van der Waals surface area contributed by atoms with Crippen molar-refractivity contribution in [3.8, 4) is 0 Å². The zero-order valence-electron chi connectivity index (χ0n) is 9.77. The summed E-state index contributed by atoms with van der Waals surface area (Å²) in [6.07, 6.45) is 1.77. The van der Waals surface area contributed by atoms with E-state index in [1.807, 2.05) is 12.1 Å². The molecule has 0 atom stereocenters. The summed E-state index contributed by atoms with van der Waals surface area (Å²) in [6, 6.07) is 5.39. The van der Waals surface area contributed by atoms with Crippen molar-refractivity contribution < 1.29 is 4.79 Å². The zero-order valence-corrected chi connectivity index (χ0v) is 10.6. The van der Waals surface area contributed by atoms with Gasteiger partial charge in [-0.25, -0.2) is 4.98 Å². The van der Waals surface area contributed by atoms with Gasteiger partial charge in [0.2, 0.25) is 0 Å². The first-order valence-corrected chi connectivity index (χ1v) is 6.49. The number of H-pyrrole nitrogens is 2. The Bertz CT molecular complexity index is 786. The van der Waals surface area contributed by atoms with Crippen molar-refractivity contribution in [2.24, 2.45) is 0 Å². The van der Waals surface area contributed by atoms with Crippen LogP contribution in [0.5, 0.6) is 0 Å². The maximum absolute atomic E-state index is 11.9. The number of nitrogens with one attached hydrogen (secondary N) is 3. The smallest absolute Gasteiger partial charge is 0.304 e. The number of fused-ring (bicyclic) bond motifs is 1. The topological polar surface area (TPSA) is 90.6 Å². The van der Waals surface area contributed by atoms with Gasteiger partial charge in [0.15, 0.2) is 0 Å². The Balaban J connectivity index is 1.74. The first kappa shape index (κ1) is 11.7. The minimum Gasteiger partial charge on any atom is -0.346 e. The second kappa shape index (κ2) is 4.69. The fraction of sp³-hybridized carbons (Fsp3) is 0.0833. The molecular formula is C12H10N4O2S. The summed E-state index contributed by atoms with van der Waals surface area (Å²) < 4.78 is 0. The Labute approximate surface area is 111 Å². The number of hydrogen-bond donors (Lipinski definition) is 3. The van der Waals surface area contributed by atoms with Crippen LogP contribution in [0.2, 0.25) is 0 Å². The van der Waals surface area contributed by atoms with Gasteiger partial charge in [-0.2, -0.15) is 0 Å². The molecule has 0 aromatic carbocycles. The van der Waals surface area contributed by atoms with Crippen LogP contribution in [0.15, 0.2) is 34.6 Å². The summed E-state index contributed by atoms with van der Waals surface area (Å²) in [5.74, 6) is -0.274. The minimum absolute atomic E-state index is 0.129. The number of carbonyl (C=O) groups excluding carboxylic acids is 1. The van der Waals surface area contributed by atoms with E-state index >= 15 is 0 Å². The van der Waals surface area contributed by atoms with Gasteiger partial charge in [-0.05, 0) is 18.2 Å². The summed E-state index contributed by atoms with van der Waals surface area (Å²) in [6.45, 7) is 0.280. The Morgan fingerprint density at radius 3 is 3.05 bits per heavy atom. The molecular weight excluding hydrogens is 264 g/mol. The third-order valence-corrected chi connectivity index (χ3v) is 3.37. The van der Waals surface area contributed by atoms with E-state index in [2.05, 4.69) is 20.3 Å². The van der Waals surface area contributed by atoms with Crippen LogP contribution in [-0.2, 0) is 6.54 Å². The molecule has 0 saturated heterocycles. The fourth-order valence-corrected chi connectivity index (χ4v) is 2.31. The summed E-state index contributed by atoms with van der Waals surface area (Å²) >= 11 is 1.07. The van der Waals surface area contributed by atoms with E-state index in [-0.39, 0.29) is 17.3 Å². The van der Waals surface area contributed by atoms with Crippen LogP contribution in [0.4, 0.5) is 0 Å². The quantitative estimate of drug-likeness (QED) is 0.671. The van der Waals surface area contributed by atoms with Crippen molar-refractivity contribution in [1.82, 2.24) is 20.3 Å². The Morgan fingerprint density at radius 2 is 2.26 bits per heavy atom. The number of hydrogen-bond acceptors (Lipinski definition) is 4. The third kappa shape index (κ3) is 2.41. The molecule has 0 aliphatic heterocycles. The Hall–Kier alpha value is -2.41. The van der Waals surface area contributed by atoms with Crippen molar-refractivity contribution in [2.75, 3.05) is 0 Å². The molecule has 3 heterocycles. The number of carbonyl (C=O) groups is 1.